The summed E-state index contributed by atoms with van der Waals surface area (Å²) < 4.78 is 7.43. The quantitative estimate of drug-likeness (QED) is 0.521. The van der Waals surface area contributed by atoms with Crippen LogP contribution in [0.3, 0.4) is 0 Å². The monoisotopic (exact) mass is 360 g/mol. The summed E-state index contributed by atoms with van der Waals surface area (Å²) in [5, 5.41) is 0. The van der Waals surface area contributed by atoms with Gasteiger partial charge in [0, 0.05) is 30.4 Å². The zero-order valence-corrected chi connectivity index (χ0v) is 15.3. The van der Waals surface area contributed by atoms with Gasteiger partial charge in [0.2, 0.25) is 11.7 Å². The Balaban J connectivity index is 1.53. The highest BCUT2D eigenvalue weighted by atomic mass is 16.5. The number of ether oxygens (including phenoxy) is 1. The van der Waals surface area contributed by atoms with Gasteiger partial charge in [-0.3, -0.25) is 9.20 Å². The summed E-state index contributed by atoms with van der Waals surface area (Å²) >= 11 is 0. The van der Waals surface area contributed by atoms with E-state index in [-0.39, 0.29) is 12.4 Å². The highest BCUT2D eigenvalue weighted by Gasteiger charge is 2.09. The van der Waals surface area contributed by atoms with E-state index in [4.69, 9.17) is 4.74 Å². The zero-order valence-electron chi connectivity index (χ0n) is 15.3. The summed E-state index contributed by atoms with van der Waals surface area (Å²) in [4.78, 5) is 25.2. The minimum absolute atomic E-state index is 0.0510. The Hall–Kier alpha value is -3.28. The second-order valence-corrected chi connectivity index (χ2v) is 6.89. The Morgan fingerprint density at radius 2 is 1.96 bits per heavy atom. The van der Waals surface area contributed by atoms with Crippen molar-refractivity contribution >= 4 is 22.6 Å². The molecular weight excluding hydrogens is 340 g/mol. The molecule has 0 N–H and O–H groups in total. The van der Waals surface area contributed by atoms with Crippen LogP contribution in [0.25, 0.3) is 28.1 Å². The molecule has 0 aliphatic rings. The van der Waals surface area contributed by atoms with Crippen LogP contribution >= 0.6 is 0 Å². The molecule has 27 heavy (non-hydrogen) atoms. The molecule has 0 atom stereocenters. The third kappa shape index (κ3) is 3.65. The SMILES string of the molecule is CC(C)CC(=O)COc1ccc(-c2ccn3c(n2)nc2ccccc23)cn1. The van der Waals surface area contributed by atoms with Gasteiger partial charge in [0.15, 0.2) is 5.78 Å². The number of fused-ring (bicyclic) bond motifs is 3. The van der Waals surface area contributed by atoms with Crippen molar-refractivity contribution in [3.63, 3.8) is 0 Å². The molecule has 0 unspecified atom stereocenters. The van der Waals surface area contributed by atoms with Crippen LogP contribution in [0.5, 0.6) is 5.88 Å². The Bertz CT molecular complexity index is 1100. The van der Waals surface area contributed by atoms with Crippen molar-refractivity contribution in [3.05, 3.63) is 54.9 Å². The molecule has 6 heteroatoms. The average molecular weight is 360 g/mol. The van der Waals surface area contributed by atoms with Crippen molar-refractivity contribution < 1.29 is 9.53 Å². The fraction of sp³-hybridized carbons (Fsp3) is 0.238. The lowest BCUT2D eigenvalue weighted by Crippen LogP contribution is -2.13. The minimum atomic E-state index is 0.0510. The molecule has 0 bridgehead atoms. The molecule has 136 valence electrons. The van der Waals surface area contributed by atoms with Crippen LogP contribution in [0, 0.1) is 5.92 Å². The van der Waals surface area contributed by atoms with E-state index in [1.807, 2.05) is 60.8 Å². The third-order valence-electron chi connectivity index (χ3n) is 4.23. The molecule has 0 saturated carbocycles. The molecule has 0 fully saturated rings. The van der Waals surface area contributed by atoms with Gasteiger partial charge in [-0.2, -0.15) is 0 Å². The van der Waals surface area contributed by atoms with Gasteiger partial charge < -0.3 is 4.74 Å². The molecule has 0 spiro atoms. The Morgan fingerprint density at radius 1 is 1.11 bits per heavy atom. The summed E-state index contributed by atoms with van der Waals surface area (Å²) in [5.74, 6) is 1.49. The van der Waals surface area contributed by atoms with Crippen molar-refractivity contribution in [1.29, 1.82) is 0 Å². The van der Waals surface area contributed by atoms with E-state index < -0.39 is 0 Å². The summed E-state index contributed by atoms with van der Waals surface area (Å²) in [7, 11) is 0. The molecule has 1 aromatic carbocycles. The number of carbonyl (C=O) groups is 1. The first-order valence-electron chi connectivity index (χ1n) is 8.95. The standard InChI is InChI=1S/C21H20N4O2/c1-14(2)11-16(26)13-27-20-8-7-15(12-22-20)17-9-10-25-19-6-4-3-5-18(19)24-21(25)23-17/h3-10,12,14H,11,13H2,1-2H3. The molecule has 3 heterocycles. The summed E-state index contributed by atoms with van der Waals surface area (Å²) in [5.41, 5.74) is 3.59. The van der Waals surface area contributed by atoms with Crippen LogP contribution in [0.1, 0.15) is 20.3 Å². The molecule has 0 amide bonds. The number of ketones is 1. The number of nitrogens with zero attached hydrogens (tertiary/aromatic N) is 4. The zero-order chi connectivity index (χ0) is 18.8. The first-order chi connectivity index (χ1) is 13.1. The van der Waals surface area contributed by atoms with E-state index in [0.717, 1.165) is 22.3 Å². The molecule has 0 aliphatic heterocycles. The van der Waals surface area contributed by atoms with Crippen LogP contribution < -0.4 is 4.74 Å². The highest BCUT2D eigenvalue weighted by molar-refractivity contribution is 5.80. The fourth-order valence-electron chi connectivity index (χ4n) is 2.99. The average Bonchev–Trinajstić information content (AvgIpc) is 3.04. The molecule has 0 saturated heterocycles. The maximum atomic E-state index is 11.7. The van der Waals surface area contributed by atoms with Crippen molar-refractivity contribution in [3.8, 4) is 17.1 Å². The van der Waals surface area contributed by atoms with Crippen LogP contribution in [0.2, 0.25) is 0 Å². The molecule has 6 nitrogen and oxygen atoms in total. The number of aromatic nitrogens is 4. The van der Waals surface area contributed by atoms with Gasteiger partial charge in [0.05, 0.1) is 16.7 Å². The van der Waals surface area contributed by atoms with Crippen LogP contribution in [-0.4, -0.2) is 31.7 Å². The molecule has 0 radical (unpaired) electrons. The number of carbonyl (C=O) groups excluding carboxylic acids is 1. The first-order valence-corrected chi connectivity index (χ1v) is 8.95. The Kier molecular flexibility index (Phi) is 4.54. The topological polar surface area (TPSA) is 69.4 Å². The summed E-state index contributed by atoms with van der Waals surface area (Å²) in [6.07, 6.45) is 4.17. The number of benzene rings is 1. The van der Waals surface area contributed by atoms with E-state index in [2.05, 4.69) is 15.0 Å². The summed E-state index contributed by atoms with van der Waals surface area (Å²) in [6, 6.07) is 13.5. The van der Waals surface area contributed by atoms with Gasteiger partial charge in [-0.25, -0.2) is 15.0 Å². The van der Waals surface area contributed by atoms with E-state index in [1.54, 1.807) is 12.3 Å². The van der Waals surface area contributed by atoms with E-state index in [0.29, 0.717) is 24.0 Å². The van der Waals surface area contributed by atoms with Gasteiger partial charge >= 0.3 is 0 Å². The van der Waals surface area contributed by atoms with E-state index >= 15 is 0 Å². The van der Waals surface area contributed by atoms with Crippen molar-refractivity contribution in [2.24, 2.45) is 5.92 Å². The van der Waals surface area contributed by atoms with Gasteiger partial charge in [-0.15, -0.1) is 0 Å². The number of pyridine rings is 1. The lowest BCUT2D eigenvalue weighted by atomic mass is 10.1. The van der Waals surface area contributed by atoms with Gasteiger partial charge in [0.1, 0.15) is 6.61 Å². The van der Waals surface area contributed by atoms with Crippen molar-refractivity contribution in [2.75, 3.05) is 6.61 Å². The molecular formula is C21H20N4O2. The summed E-state index contributed by atoms with van der Waals surface area (Å²) in [6.45, 7) is 4.07. The lowest BCUT2D eigenvalue weighted by molar-refractivity contribution is -0.121. The number of rotatable bonds is 6. The molecule has 4 rings (SSSR count). The van der Waals surface area contributed by atoms with Crippen LogP contribution in [0.4, 0.5) is 0 Å². The van der Waals surface area contributed by atoms with E-state index in [1.165, 1.54) is 0 Å². The second-order valence-electron chi connectivity index (χ2n) is 6.89. The van der Waals surface area contributed by atoms with Crippen LogP contribution in [0.15, 0.2) is 54.9 Å². The number of imidazole rings is 1. The number of para-hydroxylation sites is 2. The molecule has 4 aromatic rings. The van der Waals surface area contributed by atoms with Gasteiger partial charge in [-0.05, 0) is 30.2 Å². The van der Waals surface area contributed by atoms with Crippen LogP contribution in [-0.2, 0) is 4.79 Å². The largest absolute Gasteiger partial charge is 0.470 e. The Morgan fingerprint density at radius 3 is 2.74 bits per heavy atom. The maximum Gasteiger partial charge on any atom is 0.235 e. The molecule has 3 aromatic heterocycles. The highest BCUT2D eigenvalue weighted by Crippen LogP contribution is 2.21. The van der Waals surface area contributed by atoms with Gasteiger partial charge in [0.25, 0.3) is 0 Å². The number of hydrogen-bond donors (Lipinski definition) is 0. The fourth-order valence-corrected chi connectivity index (χ4v) is 2.99. The smallest absolute Gasteiger partial charge is 0.235 e. The first kappa shape index (κ1) is 17.1. The third-order valence-corrected chi connectivity index (χ3v) is 4.23. The van der Waals surface area contributed by atoms with E-state index in [9.17, 15) is 4.79 Å². The Labute approximate surface area is 156 Å². The van der Waals surface area contributed by atoms with Gasteiger partial charge in [-0.1, -0.05) is 26.0 Å². The second kappa shape index (κ2) is 7.15. The lowest BCUT2D eigenvalue weighted by Gasteiger charge is -2.07. The predicted octanol–water partition coefficient (Wildman–Crippen LogP) is 3.94. The number of hydrogen-bond acceptors (Lipinski definition) is 5. The molecule has 0 aliphatic carbocycles. The van der Waals surface area contributed by atoms with Crippen molar-refractivity contribution in [2.45, 2.75) is 20.3 Å². The predicted molar refractivity (Wildman–Crippen MR) is 104 cm³/mol. The normalized spacial score (nSPS) is 11.4. The minimum Gasteiger partial charge on any atom is -0.470 e. The van der Waals surface area contributed by atoms with Crippen molar-refractivity contribution in [1.82, 2.24) is 19.4 Å². The maximum absolute atomic E-state index is 11.7. The number of Topliss-reactive ketones (excluding diaryl/α,β-unsaturated/α-hetero) is 1.